The molecule has 1 saturated carbocycles. The summed E-state index contributed by atoms with van der Waals surface area (Å²) in [7, 11) is 4.05. The van der Waals surface area contributed by atoms with Crippen LogP contribution in [0.25, 0.3) is 0 Å². The first-order valence-corrected chi connectivity index (χ1v) is 6.53. The van der Waals surface area contributed by atoms with Crippen molar-refractivity contribution < 1.29 is 9.50 Å². The summed E-state index contributed by atoms with van der Waals surface area (Å²) in [5, 5.41) is 9.74. The Hall–Kier alpha value is -0.930. The summed E-state index contributed by atoms with van der Waals surface area (Å²) < 4.78 is 13.4. The molecule has 0 amide bonds. The average Bonchev–Trinajstić information content (AvgIpc) is 2.27. The maximum absolute atomic E-state index is 13.4. The van der Waals surface area contributed by atoms with Crippen LogP contribution in [0.2, 0.25) is 0 Å². The molecular weight excluding hydrogens is 229 g/mol. The average molecular weight is 251 g/mol. The number of rotatable bonds is 4. The van der Waals surface area contributed by atoms with E-state index in [9.17, 15) is 9.50 Å². The van der Waals surface area contributed by atoms with Gasteiger partial charge in [0, 0.05) is 11.5 Å². The summed E-state index contributed by atoms with van der Waals surface area (Å²) in [6.07, 6.45) is 3.26. The minimum atomic E-state index is -0.164. The third-order valence-electron chi connectivity index (χ3n) is 4.26. The molecule has 1 N–H and O–H groups in total. The van der Waals surface area contributed by atoms with Crippen LogP contribution in [0.5, 0.6) is 0 Å². The first-order chi connectivity index (χ1) is 8.50. The summed E-state index contributed by atoms with van der Waals surface area (Å²) >= 11 is 0. The number of aliphatic hydroxyl groups is 1. The molecule has 3 heteroatoms. The molecule has 1 aliphatic carbocycles. The van der Waals surface area contributed by atoms with Crippen LogP contribution in [0.15, 0.2) is 18.2 Å². The second kappa shape index (κ2) is 4.98. The van der Waals surface area contributed by atoms with Crippen molar-refractivity contribution in [2.45, 2.75) is 32.2 Å². The van der Waals surface area contributed by atoms with Gasteiger partial charge < -0.3 is 10.0 Å². The molecule has 0 aromatic heterocycles. The van der Waals surface area contributed by atoms with E-state index in [0.717, 1.165) is 18.4 Å². The van der Waals surface area contributed by atoms with Gasteiger partial charge in [0.1, 0.15) is 5.82 Å². The van der Waals surface area contributed by atoms with Crippen LogP contribution in [0, 0.1) is 18.2 Å². The zero-order chi connectivity index (χ0) is 13.3. The van der Waals surface area contributed by atoms with Crippen molar-refractivity contribution in [2.75, 3.05) is 20.7 Å². The summed E-state index contributed by atoms with van der Waals surface area (Å²) in [6, 6.07) is 5.46. The van der Waals surface area contributed by atoms with Crippen LogP contribution >= 0.6 is 0 Å². The molecule has 18 heavy (non-hydrogen) atoms. The number of hydrogen-bond donors (Lipinski definition) is 1. The molecule has 0 heterocycles. The first-order valence-electron chi connectivity index (χ1n) is 6.53. The lowest BCUT2D eigenvalue weighted by Crippen LogP contribution is -2.45. The van der Waals surface area contributed by atoms with Gasteiger partial charge in [0.25, 0.3) is 0 Å². The Morgan fingerprint density at radius 3 is 2.44 bits per heavy atom. The van der Waals surface area contributed by atoms with Crippen LogP contribution in [0.1, 0.15) is 36.4 Å². The van der Waals surface area contributed by atoms with Gasteiger partial charge in [-0.2, -0.15) is 0 Å². The molecule has 0 radical (unpaired) electrons. The molecule has 100 valence electrons. The number of hydrogen-bond acceptors (Lipinski definition) is 2. The van der Waals surface area contributed by atoms with E-state index in [0.29, 0.717) is 5.56 Å². The van der Waals surface area contributed by atoms with Crippen molar-refractivity contribution in [1.82, 2.24) is 4.90 Å². The molecule has 2 rings (SSSR count). The van der Waals surface area contributed by atoms with Crippen molar-refractivity contribution in [1.29, 1.82) is 0 Å². The van der Waals surface area contributed by atoms with Gasteiger partial charge >= 0.3 is 0 Å². The topological polar surface area (TPSA) is 23.5 Å². The highest BCUT2D eigenvalue weighted by molar-refractivity contribution is 5.28. The Morgan fingerprint density at radius 2 is 2.06 bits per heavy atom. The molecule has 2 nitrogen and oxygen atoms in total. The van der Waals surface area contributed by atoms with E-state index >= 15 is 0 Å². The third-order valence-corrected chi connectivity index (χ3v) is 4.26. The van der Waals surface area contributed by atoms with Gasteiger partial charge in [0.05, 0.1) is 6.61 Å². The molecule has 1 fully saturated rings. The van der Waals surface area contributed by atoms with Crippen LogP contribution in [0.3, 0.4) is 0 Å². The van der Waals surface area contributed by atoms with Gasteiger partial charge in [-0.15, -0.1) is 0 Å². The Morgan fingerprint density at radius 1 is 1.39 bits per heavy atom. The fourth-order valence-corrected chi connectivity index (χ4v) is 3.19. The van der Waals surface area contributed by atoms with E-state index in [-0.39, 0.29) is 23.9 Å². The molecule has 0 spiro atoms. The Balaban J connectivity index is 2.38. The van der Waals surface area contributed by atoms with Gasteiger partial charge in [-0.05, 0) is 51.1 Å². The van der Waals surface area contributed by atoms with Crippen molar-refractivity contribution in [2.24, 2.45) is 5.41 Å². The van der Waals surface area contributed by atoms with Gasteiger partial charge in [0.2, 0.25) is 0 Å². The van der Waals surface area contributed by atoms with Gasteiger partial charge in [0.15, 0.2) is 0 Å². The van der Waals surface area contributed by atoms with Crippen LogP contribution < -0.4 is 0 Å². The van der Waals surface area contributed by atoms with Crippen molar-refractivity contribution in [3.8, 4) is 0 Å². The number of nitrogens with zero attached hydrogens (tertiary/aromatic N) is 1. The Kier molecular flexibility index (Phi) is 3.74. The van der Waals surface area contributed by atoms with Crippen LogP contribution in [-0.4, -0.2) is 30.7 Å². The minimum Gasteiger partial charge on any atom is -0.396 e. The predicted octanol–water partition coefficient (Wildman–Crippen LogP) is 2.90. The molecular formula is C15H22FNO. The highest BCUT2D eigenvalue weighted by Crippen LogP contribution is 2.51. The summed E-state index contributed by atoms with van der Waals surface area (Å²) in [4.78, 5) is 2.14. The van der Waals surface area contributed by atoms with Gasteiger partial charge in [-0.3, -0.25) is 0 Å². The standard InChI is InChI=1S/C15H22FNO/c1-11-9-12(5-6-13(11)16)14(17(2)3)15(10-18)7-4-8-15/h5-6,9,14,18H,4,7-8,10H2,1-3H3. The number of benzene rings is 1. The maximum atomic E-state index is 13.4. The van der Waals surface area contributed by atoms with E-state index in [1.54, 1.807) is 6.92 Å². The molecule has 1 aliphatic rings. The predicted molar refractivity (Wildman–Crippen MR) is 70.9 cm³/mol. The monoisotopic (exact) mass is 251 g/mol. The number of aliphatic hydroxyl groups excluding tert-OH is 1. The highest BCUT2D eigenvalue weighted by Gasteiger charge is 2.45. The smallest absolute Gasteiger partial charge is 0.126 e. The Labute approximate surface area is 108 Å². The van der Waals surface area contributed by atoms with Crippen molar-refractivity contribution in [3.05, 3.63) is 35.1 Å². The molecule has 0 saturated heterocycles. The van der Waals surface area contributed by atoms with E-state index in [2.05, 4.69) is 4.90 Å². The number of halogens is 1. The first kappa shape index (κ1) is 13.5. The zero-order valence-corrected chi connectivity index (χ0v) is 11.4. The van der Waals surface area contributed by atoms with Crippen LogP contribution in [0.4, 0.5) is 4.39 Å². The lowest BCUT2D eigenvalue weighted by Gasteiger charge is -2.49. The van der Waals surface area contributed by atoms with E-state index in [1.165, 1.54) is 12.5 Å². The quantitative estimate of drug-likeness (QED) is 0.889. The van der Waals surface area contributed by atoms with Crippen LogP contribution in [-0.2, 0) is 0 Å². The largest absolute Gasteiger partial charge is 0.396 e. The van der Waals surface area contributed by atoms with Crippen molar-refractivity contribution >= 4 is 0 Å². The molecule has 0 aliphatic heterocycles. The molecule has 1 unspecified atom stereocenters. The minimum absolute atomic E-state index is 0.0478. The highest BCUT2D eigenvalue weighted by atomic mass is 19.1. The fraction of sp³-hybridized carbons (Fsp3) is 0.600. The SMILES string of the molecule is Cc1cc(C(N(C)C)C2(CO)CCC2)ccc1F. The van der Waals surface area contributed by atoms with Gasteiger partial charge in [-0.25, -0.2) is 4.39 Å². The summed E-state index contributed by atoms with van der Waals surface area (Å²) in [5.41, 5.74) is 1.73. The second-order valence-electron chi connectivity index (χ2n) is 5.75. The molecule has 0 bridgehead atoms. The zero-order valence-electron chi connectivity index (χ0n) is 11.4. The lowest BCUT2D eigenvalue weighted by atomic mass is 9.62. The second-order valence-corrected chi connectivity index (χ2v) is 5.75. The normalized spacial score (nSPS) is 19.7. The fourth-order valence-electron chi connectivity index (χ4n) is 3.19. The van der Waals surface area contributed by atoms with Crippen molar-refractivity contribution in [3.63, 3.8) is 0 Å². The summed E-state index contributed by atoms with van der Waals surface area (Å²) in [5.74, 6) is -0.164. The third kappa shape index (κ3) is 2.17. The number of aryl methyl sites for hydroxylation is 1. The lowest BCUT2D eigenvalue weighted by molar-refractivity contribution is -0.0309. The van der Waals surface area contributed by atoms with E-state index < -0.39 is 0 Å². The van der Waals surface area contributed by atoms with E-state index in [1.807, 2.05) is 26.2 Å². The Bertz CT molecular complexity index is 421. The van der Waals surface area contributed by atoms with E-state index in [4.69, 9.17) is 0 Å². The molecule has 1 aromatic carbocycles. The maximum Gasteiger partial charge on any atom is 0.126 e. The summed E-state index contributed by atoms with van der Waals surface area (Å²) in [6.45, 7) is 1.99. The molecule has 1 atom stereocenters. The van der Waals surface area contributed by atoms with Gasteiger partial charge in [-0.1, -0.05) is 18.6 Å². The molecule has 1 aromatic rings.